The van der Waals surface area contributed by atoms with Crippen molar-refractivity contribution >= 4 is 30.7 Å². The summed E-state index contributed by atoms with van der Waals surface area (Å²) in [5, 5.41) is 12.0. The molecule has 1 N–H and O–H groups in total. The van der Waals surface area contributed by atoms with Crippen LogP contribution in [-0.2, 0) is 0 Å². The molecule has 3 fully saturated rings. The van der Waals surface area contributed by atoms with Gasteiger partial charge < -0.3 is 15.1 Å². The highest BCUT2D eigenvalue weighted by atomic mass is 35.5. The van der Waals surface area contributed by atoms with Gasteiger partial charge in [-0.3, -0.25) is 4.79 Å². The maximum atomic E-state index is 13.0. The quantitative estimate of drug-likeness (QED) is 0.790. The Morgan fingerprint density at radius 1 is 1.07 bits per heavy atom. The second-order valence-corrected chi connectivity index (χ2v) is 8.22. The molecule has 7 nitrogen and oxygen atoms in total. The Hall–Kier alpha value is -0.890. The SMILES string of the molecule is Cc1c(C(=O)N2CCC(CN3CCCCC3)C2)nnn1C1CCNCC1.Cl.Cl. The van der Waals surface area contributed by atoms with E-state index in [2.05, 4.69) is 20.5 Å². The predicted octanol–water partition coefficient (Wildman–Crippen LogP) is 2.30. The average molecular weight is 433 g/mol. The highest BCUT2D eigenvalue weighted by molar-refractivity contribution is 5.93. The molecule has 0 radical (unpaired) electrons. The van der Waals surface area contributed by atoms with Crippen molar-refractivity contribution in [2.45, 2.75) is 51.5 Å². The van der Waals surface area contributed by atoms with E-state index in [9.17, 15) is 4.79 Å². The van der Waals surface area contributed by atoms with E-state index in [0.717, 1.165) is 57.7 Å². The maximum Gasteiger partial charge on any atom is 0.276 e. The van der Waals surface area contributed by atoms with Crippen molar-refractivity contribution in [2.24, 2.45) is 5.92 Å². The van der Waals surface area contributed by atoms with Crippen LogP contribution in [0.25, 0.3) is 0 Å². The summed E-state index contributed by atoms with van der Waals surface area (Å²) >= 11 is 0. The molecule has 1 aromatic rings. The number of nitrogens with zero attached hydrogens (tertiary/aromatic N) is 5. The average Bonchev–Trinajstić information content (AvgIpc) is 3.30. The highest BCUT2D eigenvalue weighted by Gasteiger charge is 2.31. The maximum absolute atomic E-state index is 13.0. The number of aromatic nitrogens is 3. The van der Waals surface area contributed by atoms with Crippen LogP contribution in [0, 0.1) is 12.8 Å². The lowest BCUT2D eigenvalue weighted by Crippen LogP contribution is -2.36. The fraction of sp³-hybridized carbons (Fsp3) is 0.842. The van der Waals surface area contributed by atoms with Gasteiger partial charge in [0.15, 0.2) is 5.69 Å². The summed E-state index contributed by atoms with van der Waals surface area (Å²) in [4.78, 5) is 17.6. The molecule has 1 unspecified atom stereocenters. The smallest absolute Gasteiger partial charge is 0.276 e. The minimum Gasteiger partial charge on any atom is -0.337 e. The first-order chi connectivity index (χ1) is 12.7. The zero-order chi connectivity index (χ0) is 17.9. The number of hydrogen-bond acceptors (Lipinski definition) is 5. The Morgan fingerprint density at radius 2 is 1.79 bits per heavy atom. The summed E-state index contributed by atoms with van der Waals surface area (Å²) in [5.74, 6) is 0.681. The number of piperidine rings is 2. The van der Waals surface area contributed by atoms with E-state index in [-0.39, 0.29) is 30.7 Å². The zero-order valence-electron chi connectivity index (χ0n) is 16.8. The molecule has 3 saturated heterocycles. The van der Waals surface area contributed by atoms with Crippen molar-refractivity contribution < 1.29 is 4.79 Å². The minimum atomic E-state index is 0. The van der Waals surface area contributed by atoms with Gasteiger partial charge in [0.25, 0.3) is 5.91 Å². The fourth-order valence-corrected chi connectivity index (χ4v) is 4.76. The third-order valence-electron chi connectivity index (χ3n) is 6.32. The molecule has 1 atom stereocenters. The summed E-state index contributed by atoms with van der Waals surface area (Å²) in [6, 6.07) is 0.371. The van der Waals surface area contributed by atoms with E-state index in [1.807, 2.05) is 16.5 Å². The largest absolute Gasteiger partial charge is 0.337 e. The van der Waals surface area contributed by atoms with Crippen molar-refractivity contribution in [1.29, 1.82) is 0 Å². The van der Waals surface area contributed by atoms with Gasteiger partial charge in [0.2, 0.25) is 0 Å². The highest BCUT2D eigenvalue weighted by Crippen LogP contribution is 2.24. The van der Waals surface area contributed by atoms with Crippen LogP contribution in [0.15, 0.2) is 0 Å². The molecule has 0 aromatic carbocycles. The normalized spacial score (nSPS) is 23.9. The Labute approximate surface area is 180 Å². The number of rotatable bonds is 4. The van der Waals surface area contributed by atoms with Crippen LogP contribution in [0.5, 0.6) is 0 Å². The van der Waals surface area contributed by atoms with Crippen LogP contribution in [0.2, 0.25) is 0 Å². The molecule has 0 bridgehead atoms. The Balaban J connectivity index is 0.00000140. The Bertz CT molecular complexity index is 628. The number of carbonyl (C=O) groups is 1. The second kappa shape index (κ2) is 10.8. The standard InChI is InChI=1S/C19H32N6O.2ClH/c1-15-18(21-22-25(15)17-5-8-20-9-6-17)19(26)24-12-7-16(14-24)13-23-10-3-2-4-11-23;;/h16-17,20H,2-14H2,1H3;2*1H. The van der Waals surface area contributed by atoms with Gasteiger partial charge in [-0.1, -0.05) is 11.6 Å². The van der Waals surface area contributed by atoms with Gasteiger partial charge in [0.05, 0.1) is 11.7 Å². The van der Waals surface area contributed by atoms with Crippen LogP contribution in [0.1, 0.15) is 60.7 Å². The molecule has 3 aliphatic rings. The lowest BCUT2D eigenvalue weighted by Gasteiger charge is -2.28. The molecule has 3 aliphatic heterocycles. The van der Waals surface area contributed by atoms with E-state index >= 15 is 0 Å². The molecule has 1 amide bonds. The van der Waals surface area contributed by atoms with Crippen LogP contribution < -0.4 is 5.32 Å². The van der Waals surface area contributed by atoms with E-state index in [1.165, 1.54) is 32.4 Å². The first-order valence-corrected chi connectivity index (χ1v) is 10.4. The summed E-state index contributed by atoms with van der Waals surface area (Å²) in [6.07, 6.45) is 7.25. The van der Waals surface area contributed by atoms with Crippen molar-refractivity contribution in [2.75, 3.05) is 45.8 Å². The topological polar surface area (TPSA) is 66.3 Å². The lowest BCUT2D eigenvalue weighted by molar-refractivity contribution is 0.0775. The van der Waals surface area contributed by atoms with Crippen molar-refractivity contribution in [3.05, 3.63) is 11.4 Å². The van der Waals surface area contributed by atoms with E-state index in [0.29, 0.717) is 17.7 Å². The second-order valence-electron chi connectivity index (χ2n) is 8.22. The first kappa shape index (κ1) is 23.4. The Kier molecular flexibility index (Phi) is 8.99. The van der Waals surface area contributed by atoms with Crippen molar-refractivity contribution in [3.8, 4) is 0 Å². The van der Waals surface area contributed by atoms with Crippen molar-refractivity contribution in [1.82, 2.24) is 30.1 Å². The van der Waals surface area contributed by atoms with Gasteiger partial charge in [0.1, 0.15) is 0 Å². The number of amides is 1. The van der Waals surface area contributed by atoms with E-state index < -0.39 is 0 Å². The van der Waals surface area contributed by atoms with Crippen LogP contribution in [-0.4, -0.2) is 76.5 Å². The predicted molar refractivity (Wildman–Crippen MR) is 115 cm³/mol. The summed E-state index contributed by atoms with van der Waals surface area (Å²) < 4.78 is 1.98. The monoisotopic (exact) mass is 432 g/mol. The molecular weight excluding hydrogens is 399 g/mol. The summed E-state index contributed by atoms with van der Waals surface area (Å²) in [7, 11) is 0. The molecule has 0 aliphatic carbocycles. The first-order valence-electron chi connectivity index (χ1n) is 10.4. The number of likely N-dealkylation sites (tertiary alicyclic amines) is 2. The minimum absolute atomic E-state index is 0. The molecular formula is C19H34Cl2N6O. The van der Waals surface area contributed by atoms with Gasteiger partial charge in [-0.05, 0) is 71.1 Å². The number of hydrogen-bond donors (Lipinski definition) is 1. The zero-order valence-corrected chi connectivity index (χ0v) is 18.4. The summed E-state index contributed by atoms with van der Waals surface area (Å²) in [6.45, 7) is 9.35. The molecule has 0 saturated carbocycles. The van der Waals surface area contributed by atoms with Crippen LogP contribution in [0.4, 0.5) is 0 Å². The summed E-state index contributed by atoms with van der Waals surface area (Å²) in [5.41, 5.74) is 1.49. The van der Waals surface area contributed by atoms with Crippen LogP contribution >= 0.6 is 24.8 Å². The third-order valence-corrected chi connectivity index (χ3v) is 6.32. The Morgan fingerprint density at radius 3 is 2.50 bits per heavy atom. The molecule has 4 heterocycles. The molecule has 0 spiro atoms. The van der Waals surface area contributed by atoms with Gasteiger partial charge >= 0.3 is 0 Å². The van der Waals surface area contributed by atoms with Gasteiger partial charge in [-0.15, -0.1) is 29.9 Å². The van der Waals surface area contributed by atoms with E-state index in [4.69, 9.17) is 0 Å². The van der Waals surface area contributed by atoms with Crippen molar-refractivity contribution in [3.63, 3.8) is 0 Å². The fourth-order valence-electron chi connectivity index (χ4n) is 4.76. The molecule has 9 heteroatoms. The number of halogens is 2. The molecule has 1 aromatic heterocycles. The number of carbonyl (C=O) groups excluding carboxylic acids is 1. The lowest BCUT2D eigenvalue weighted by atomic mass is 10.1. The van der Waals surface area contributed by atoms with Crippen LogP contribution in [0.3, 0.4) is 0 Å². The van der Waals surface area contributed by atoms with Gasteiger partial charge in [-0.25, -0.2) is 4.68 Å². The van der Waals surface area contributed by atoms with E-state index in [1.54, 1.807) is 0 Å². The molecule has 160 valence electrons. The molecule has 28 heavy (non-hydrogen) atoms. The van der Waals surface area contributed by atoms with Gasteiger partial charge in [0, 0.05) is 19.6 Å². The number of nitrogens with one attached hydrogen (secondary N) is 1. The van der Waals surface area contributed by atoms with Gasteiger partial charge in [-0.2, -0.15) is 0 Å². The third kappa shape index (κ3) is 5.17. The molecule has 4 rings (SSSR count).